The topological polar surface area (TPSA) is 65.6 Å². The minimum absolute atomic E-state index is 0.0125. The van der Waals surface area contributed by atoms with E-state index in [9.17, 15) is 4.79 Å². The average Bonchev–Trinajstić information content (AvgIpc) is 3.16. The summed E-state index contributed by atoms with van der Waals surface area (Å²) in [6.45, 7) is 7.56. The first kappa shape index (κ1) is 23.6. The molecule has 1 fully saturated rings. The lowest BCUT2D eigenvalue weighted by atomic mass is 10.1. The molecule has 1 aromatic heterocycles. The molecule has 6 nitrogen and oxygen atoms in total. The van der Waals surface area contributed by atoms with Crippen molar-refractivity contribution in [2.24, 2.45) is 0 Å². The fourth-order valence-electron chi connectivity index (χ4n) is 3.08. The number of hydrogen-bond acceptors (Lipinski definition) is 5. The molecular weight excluding hydrogens is 404 g/mol. The molecule has 2 heterocycles. The van der Waals surface area contributed by atoms with Gasteiger partial charge in [-0.15, -0.1) is 11.3 Å². The zero-order valence-electron chi connectivity index (χ0n) is 17.4. The number of ether oxygens (including phenoxy) is 1. The summed E-state index contributed by atoms with van der Waals surface area (Å²) in [5.74, 6) is 0.959. The van der Waals surface area contributed by atoms with Crippen LogP contribution in [0.4, 0.5) is 0 Å². The quantitative estimate of drug-likeness (QED) is 0.343. The summed E-state index contributed by atoms with van der Waals surface area (Å²) < 4.78 is 5.81. The van der Waals surface area contributed by atoms with Crippen LogP contribution in [-0.4, -0.2) is 48.7 Å². The number of thiocarbonyl (C=S) groups is 1. The van der Waals surface area contributed by atoms with Crippen molar-refractivity contribution >= 4 is 34.6 Å². The summed E-state index contributed by atoms with van der Waals surface area (Å²) >= 11 is 6.84. The van der Waals surface area contributed by atoms with Gasteiger partial charge in [0.2, 0.25) is 5.91 Å². The zero-order valence-corrected chi connectivity index (χ0v) is 19.0. The van der Waals surface area contributed by atoms with E-state index in [1.165, 1.54) is 37.2 Å². The highest BCUT2D eigenvalue weighted by Gasteiger charge is 2.11. The Morgan fingerprint density at radius 3 is 2.93 bits per heavy atom. The number of carbonyl (C=O) groups excluding carboxylic acids is 1. The lowest BCUT2D eigenvalue weighted by Gasteiger charge is -2.25. The van der Waals surface area contributed by atoms with Crippen LogP contribution in [0.3, 0.4) is 0 Å². The summed E-state index contributed by atoms with van der Waals surface area (Å²) in [5, 5.41) is 11.6. The third kappa shape index (κ3) is 10.6. The first-order valence-electron chi connectivity index (χ1n) is 10.6. The fraction of sp³-hybridized carbons (Fsp3) is 0.619. The van der Waals surface area contributed by atoms with E-state index in [2.05, 4.69) is 32.3 Å². The van der Waals surface area contributed by atoms with Gasteiger partial charge in [-0.25, -0.2) is 0 Å². The van der Waals surface area contributed by atoms with Crippen molar-refractivity contribution in [2.45, 2.75) is 52.0 Å². The first-order chi connectivity index (χ1) is 14.2. The normalized spacial score (nSPS) is 14.7. The maximum atomic E-state index is 11.8. The van der Waals surface area contributed by atoms with E-state index in [0.717, 1.165) is 31.7 Å². The summed E-state index contributed by atoms with van der Waals surface area (Å²) in [7, 11) is 0. The Bertz CT molecular complexity index is 642. The molecule has 1 amide bonds. The van der Waals surface area contributed by atoms with E-state index < -0.39 is 0 Å². The average molecular weight is 439 g/mol. The molecule has 0 bridgehead atoms. The Morgan fingerprint density at radius 1 is 1.31 bits per heavy atom. The third-order valence-corrected chi connectivity index (χ3v) is 5.77. The second-order valence-corrected chi connectivity index (χ2v) is 8.49. The van der Waals surface area contributed by atoms with E-state index in [1.807, 2.05) is 13.0 Å². The largest absolute Gasteiger partial charge is 0.492 e. The van der Waals surface area contributed by atoms with Gasteiger partial charge in [-0.05, 0) is 63.8 Å². The molecule has 1 aliphatic heterocycles. The Balaban J connectivity index is 1.50. The lowest BCUT2D eigenvalue weighted by Crippen LogP contribution is -2.35. The maximum absolute atomic E-state index is 11.8. The van der Waals surface area contributed by atoms with Crippen LogP contribution < -0.4 is 20.7 Å². The molecule has 0 spiro atoms. The van der Waals surface area contributed by atoms with Gasteiger partial charge in [-0.2, -0.15) is 0 Å². The van der Waals surface area contributed by atoms with Gasteiger partial charge in [0.1, 0.15) is 5.75 Å². The van der Waals surface area contributed by atoms with E-state index in [-0.39, 0.29) is 5.91 Å². The van der Waals surface area contributed by atoms with Crippen LogP contribution >= 0.6 is 23.6 Å². The highest BCUT2D eigenvalue weighted by atomic mass is 32.1. The summed E-state index contributed by atoms with van der Waals surface area (Å²) in [4.78, 5) is 15.7. The van der Waals surface area contributed by atoms with Gasteiger partial charge in [0.25, 0.3) is 0 Å². The Morgan fingerprint density at radius 2 is 2.14 bits per heavy atom. The molecule has 0 radical (unpaired) electrons. The molecule has 29 heavy (non-hydrogen) atoms. The predicted molar refractivity (Wildman–Crippen MR) is 124 cm³/mol. The van der Waals surface area contributed by atoms with Gasteiger partial charge in [0, 0.05) is 42.7 Å². The van der Waals surface area contributed by atoms with Gasteiger partial charge in [-0.1, -0.05) is 12.5 Å². The Labute approximate surface area is 184 Å². The van der Waals surface area contributed by atoms with Crippen molar-refractivity contribution in [1.82, 2.24) is 20.9 Å². The molecular formula is C21H34N4O2S2. The van der Waals surface area contributed by atoms with Crippen LogP contribution in [0.2, 0.25) is 0 Å². The molecule has 0 saturated carbocycles. The number of amides is 1. The van der Waals surface area contributed by atoms with Crippen molar-refractivity contribution in [1.29, 1.82) is 0 Å². The van der Waals surface area contributed by atoms with Crippen molar-refractivity contribution in [3.63, 3.8) is 0 Å². The number of thiophene rings is 1. The van der Waals surface area contributed by atoms with Gasteiger partial charge < -0.3 is 20.7 Å². The molecule has 2 rings (SSSR count). The van der Waals surface area contributed by atoms with E-state index in [1.54, 1.807) is 17.5 Å². The Kier molecular flexibility index (Phi) is 11.7. The number of piperidine rings is 1. The monoisotopic (exact) mass is 438 g/mol. The van der Waals surface area contributed by atoms with E-state index >= 15 is 0 Å². The number of rotatable bonds is 12. The predicted octanol–water partition coefficient (Wildman–Crippen LogP) is 3.40. The molecule has 0 atom stereocenters. The van der Waals surface area contributed by atoms with Crippen molar-refractivity contribution < 1.29 is 9.53 Å². The van der Waals surface area contributed by atoms with Crippen LogP contribution in [0.15, 0.2) is 23.7 Å². The smallest absolute Gasteiger partial charge is 0.223 e. The van der Waals surface area contributed by atoms with Gasteiger partial charge in [-0.3, -0.25) is 9.69 Å². The Hall–Kier alpha value is -1.64. The van der Waals surface area contributed by atoms with Gasteiger partial charge >= 0.3 is 0 Å². The third-order valence-electron chi connectivity index (χ3n) is 4.58. The van der Waals surface area contributed by atoms with E-state index in [4.69, 9.17) is 17.0 Å². The van der Waals surface area contributed by atoms with Crippen LogP contribution in [-0.2, 0) is 11.3 Å². The van der Waals surface area contributed by atoms with E-state index in [0.29, 0.717) is 24.7 Å². The number of likely N-dealkylation sites (tertiary alicyclic amines) is 1. The van der Waals surface area contributed by atoms with Crippen LogP contribution in [0.5, 0.6) is 5.75 Å². The standard InChI is InChI=1S/C21H34N4O2S2/c1-2-22-21(28)24-11-8-9-20(26)23-10-4-7-14-27-18-15-19(29-17-18)16-25-12-5-3-6-13-25/h4,10,15,17H,2-3,5-9,11-14,16H2,1H3,(H,23,26)(H2,22,24,28)/b10-4-. The number of nitrogens with zero attached hydrogens (tertiary/aromatic N) is 1. The molecule has 3 N–H and O–H groups in total. The lowest BCUT2D eigenvalue weighted by molar-refractivity contribution is -0.120. The molecule has 162 valence electrons. The van der Waals surface area contributed by atoms with Crippen molar-refractivity contribution in [2.75, 3.05) is 32.8 Å². The highest BCUT2D eigenvalue weighted by molar-refractivity contribution is 7.80. The second-order valence-electron chi connectivity index (χ2n) is 7.08. The van der Waals surface area contributed by atoms with Crippen molar-refractivity contribution in [3.8, 4) is 5.75 Å². The molecule has 0 aromatic carbocycles. The molecule has 1 aliphatic rings. The number of nitrogens with one attached hydrogen (secondary N) is 3. The summed E-state index contributed by atoms with van der Waals surface area (Å²) in [6.07, 6.45) is 9.61. The second kappa shape index (κ2) is 14.4. The fourth-order valence-corrected chi connectivity index (χ4v) is 4.17. The van der Waals surface area contributed by atoms with Crippen LogP contribution in [0.25, 0.3) is 0 Å². The number of hydrogen-bond donors (Lipinski definition) is 3. The zero-order chi connectivity index (χ0) is 20.7. The first-order valence-corrected chi connectivity index (χ1v) is 11.8. The molecule has 0 unspecified atom stereocenters. The number of carbonyl (C=O) groups is 1. The van der Waals surface area contributed by atoms with Crippen molar-refractivity contribution in [3.05, 3.63) is 28.6 Å². The van der Waals surface area contributed by atoms with Gasteiger partial charge in [0.15, 0.2) is 5.11 Å². The highest BCUT2D eigenvalue weighted by Crippen LogP contribution is 2.24. The maximum Gasteiger partial charge on any atom is 0.223 e. The van der Waals surface area contributed by atoms with Crippen LogP contribution in [0.1, 0.15) is 50.3 Å². The van der Waals surface area contributed by atoms with Crippen LogP contribution in [0, 0.1) is 0 Å². The summed E-state index contributed by atoms with van der Waals surface area (Å²) in [6, 6.07) is 2.15. The minimum Gasteiger partial charge on any atom is -0.492 e. The molecule has 1 saturated heterocycles. The summed E-state index contributed by atoms with van der Waals surface area (Å²) in [5.41, 5.74) is 0. The minimum atomic E-state index is 0.0125. The molecule has 1 aromatic rings. The van der Waals surface area contributed by atoms with Gasteiger partial charge in [0.05, 0.1) is 6.61 Å². The SMILES string of the molecule is CCNC(=S)NCCCC(=O)N/C=C\CCOc1csc(CN2CCCCC2)c1. The molecule has 0 aliphatic carbocycles. The molecule has 8 heteroatoms.